The van der Waals surface area contributed by atoms with Crippen molar-refractivity contribution in [3.63, 3.8) is 0 Å². The van der Waals surface area contributed by atoms with Gasteiger partial charge in [-0.25, -0.2) is 13.8 Å². The van der Waals surface area contributed by atoms with E-state index in [9.17, 15) is 13.9 Å². The van der Waals surface area contributed by atoms with Crippen molar-refractivity contribution in [3.8, 4) is 5.75 Å². The van der Waals surface area contributed by atoms with Gasteiger partial charge >= 0.3 is 0 Å². The number of phenolic OH excluding ortho intramolecular Hbond substituents is 1. The van der Waals surface area contributed by atoms with Crippen molar-refractivity contribution >= 4 is 11.0 Å². The van der Waals surface area contributed by atoms with E-state index in [-0.39, 0.29) is 24.5 Å². The summed E-state index contributed by atoms with van der Waals surface area (Å²) in [5.41, 5.74) is 1.52. The second kappa shape index (κ2) is 3.93. The molecule has 0 atom stereocenters. The number of aromatic amines is 1. The number of fused-ring (bicyclic) bond motifs is 1. The van der Waals surface area contributed by atoms with Gasteiger partial charge < -0.3 is 10.1 Å². The molecule has 0 aliphatic heterocycles. The summed E-state index contributed by atoms with van der Waals surface area (Å²) < 4.78 is 26.2. The Balaban J connectivity index is 1.87. The largest absolute Gasteiger partial charge is 0.508 e. The summed E-state index contributed by atoms with van der Waals surface area (Å²) >= 11 is 0. The number of halogens is 2. The molecule has 2 aromatic rings. The van der Waals surface area contributed by atoms with Crippen LogP contribution in [0.1, 0.15) is 37.4 Å². The zero-order valence-corrected chi connectivity index (χ0v) is 9.79. The van der Waals surface area contributed by atoms with Crippen molar-refractivity contribution in [1.82, 2.24) is 9.97 Å². The van der Waals surface area contributed by atoms with Crippen LogP contribution >= 0.6 is 0 Å². The second-order valence-electron chi connectivity index (χ2n) is 4.95. The van der Waals surface area contributed by atoms with Gasteiger partial charge in [-0.15, -0.1) is 0 Å². The lowest BCUT2D eigenvalue weighted by molar-refractivity contribution is -0.0387. The highest BCUT2D eigenvalue weighted by Gasteiger charge is 2.36. The molecule has 0 spiro atoms. The molecule has 1 aromatic carbocycles. The van der Waals surface area contributed by atoms with Crippen LogP contribution in [0.5, 0.6) is 5.75 Å². The van der Waals surface area contributed by atoms with E-state index >= 15 is 0 Å². The van der Waals surface area contributed by atoms with Crippen LogP contribution in [-0.4, -0.2) is 21.0 Å². The fourth-order valence-electron chi connectivity index (χ4n) is 2.52. The van der Waals surface area contributed by atoms with E-state index in [0.717, 1.165) is 16.9 Å². The Labute approximate surface area is 103 Å². The zero-order valence-electron chi connectivity index (χ0n) is 9.79. The number of aromatic nitrogens is 2. The van der Waals surface area contributed by atoms with Crippen molar-refractivity contribution in [3.05, 3.63) is 24.0 Å². The number of rotatable bonds is 1. The maximum Gasteiger partial charge on any atom is 0.248 e. The van der Waals surface area contributed by atoms with Crippen LogP contribution in [0.15, 0.2) is 18.2 Å². The van der Waals surface area contributed by atoms with Crippen LogP contribution in [0.2, 0.25) is 0 Å². The van der Waals surface area contributed by atoms with E-state index in [1.807, 2.05) is 0 Å². The van der Waals surface area contributed by atoms with Gasteiger partial charge in [0, 0.05) is 24.8 Å². The molecule has 0 radical (unpaired) electrons. The first-order chi connectivity index (χ1) is 8.53. The van der Waals surface area contributed by atoms with Crippen LogP contribution in [0.4, 0.5) is 8.78 Å². The average Bonchev–Trinajstić information content (AvgIpc) is 2.71. The van der Waals surface area contributed by atoms with Crippen molar-refractivity contribution in [1.29, 1.82) is 0 Å². The first-order valence-electron chi connectivity index (χ1n) is 6.10. The molecule has 1 aromatic heterocycles. The highest BCUT2D eigenvalue weighted by molar-refractivity contribution is 5.76. The molecule has 18 heavy (non-hydrogen) atoms. The molecule has 1 heterocycles. The number of imidazole rings is 1. The van der Waals surface area contributed by atoms with Gasteiger partial charge in [-0.2, -0.15) is 0 Å². The molecule has 2 N–H and O–H groups in total. The van der Waals surface area contributed by atoms with Crippen molar-refractivity contribution in [2.75, 3.05) is 0 Å². The normalized spacial score (nSPS) is 20.3. The van der Waals surface area contributed by atoms with Crippen molar-refractivity contribution < 1.29 is 13.9 Å². The molecular formula is C13H14F2N2O. The van der Waals surface area contributed by atoms with Crippen LogP contribution in [0.25, 0.3) is 11.0 Å². The SMILES string of the molecule is Oc1ccc2nc(C3CCC(F)(F)CC3)[nH]c2c1. The van der Waals surface area contributed by atoms with Gasteiger partial charge in [-0.1, -0.05) is 0 Å². The lowest BCUT2D eigenvalue weighted by Gasteiger charge is -2.26. The first kappa shape index (κ1) is 11.4. The maximum absolute atomic E-state index is 13.1. The van der Waals surface area contributed by atoms with Gasteiger partial charge in [0.1, 0.15) is 11.6 Å². The minimum Gasteiger partial charge on any atom is -0.508 e. The number of H-pyrrole nitrogens is 1. The molecule has 3 nitrogen and oxygen atoms in total. The van der Waals surface area contributed by atoms with E-state index in [0.29, 0.717) is 12.8 Å². The lowest BCUT2D eigenvalue weighted by Crippen LogP contribution is -2.24. The van der Waals surface area contributed by atoms with Gasteiger partial charge in [0.25, 0.3) is 0 Å². The predicted octanol–water partition coefficient (Wildman–Crippen LogP) is 3.56. The Morgan fingerprint density at radius 2 is 2.00 bits per heavy atom. The molecule has 1 fully saturated rings. The van der Waals surface area contributed by atoms with Gasteiger partial charge in [0.05, 0.1) is 11.0 Å². The van der Waals surface area contributed by atoms with E-state index < -0.39 is 5.92 Å². The molecule has 1 aliphatic carbocycles. The Morgan fingerprint density at radius 3 is 2.72 bits per heavy atom. The predicted molar refractivity (Wildman–Crippen MR) is 63.9 cm³/mol. The average molecular weight is 252 g/mol. The number of hydrogen-bond acceptors (Lipinski definition) is 2. The van der Waals surface area contributed by atoms with Crippen molar-refractivity contribution in [2.45, 2.75) is 37.5 Å². The summed E-state index contributed by atoms with van der Waals surface area (Å²) in [5, 5.41) is 9.37. The fraction of sp³-hybridized carbons (Fsp3) is 0.462. The fourth-order valence-corrected chi connectivity index (χ4v) is 2.52. The number of nitrogens with zero attached hydrogens (tertiary/aromatic N) is 1. The highest BCUT2D eigenvalue weighted by Crippen LogP contribution is 2.40. The van der Waals surface area contributed by atoms with Crippen LogP contribution < -0.4 is 0 Å². The van der Waals surface area contributed by atoms with Crippen LogP contribution in [0, 0.1) is 0 Å². The topological polar surface area (TPSA) is 48.9 Å². The molecule has 3 rings (SSSR count). The van der Waals surface area contributed by atoms with E-state index in [1.54, 1.807) is 18.2 Å². The molecule has 1 saturated carbocycles. The molecule has 5 heteroatoms. The summed E-state index contributed by atoms with van der Waals surface area (Å²) in [7, 11) is 0. The third-order valence-electron chi connectivity index (χ3n) is 3.59. The number of hydrogen-bond donors (Lipinski definition) is 2. The number of benzene rings is 1. The Kier molecular flexibility index (Phi) is 2.50. The summed E-state index contributed by atoms with van der Waals surface area (Å²) in [6, 6.07) is 4.90. The van der Waals surface area contributed by atoms with Crippen molar-refractivity contribution in [2.24, 2.45) is 0 Å². The maximum atomic E-state index is 13.1. The molecule has 0 unspecified atom stereocenters. The summed E-state index contributed by atoms with van der Waals surface area (Å²) in [4.78, 5) is 7.53. The second-order valence-corrected chi connectivity index (χ2v) is 4.95. The number of alkyl halides is 2. The number of aromatic hydroxyl groups is 1. The van der Waals surface area contributed by atoms with Gasteiger partial charge in [0.15, 0.2) is 0 Å². The molecule has 1 aliphatic rings. The minimum atomic E-state index is -2.51. The molecule has 0 saturated heterocycles. The smallest absolute Gasteiger partial charge is 0.248 e. The van der Waals surface area contributed by atoms with Crippen LogP contribution in [0.3, 0.4) is 0 Å². The third kappa shape index (κ3) is 2.05. The Bertz CT molecular complexity index is 569. The standard InChI is InChI=1S/C13H14F2N2O/c14-13(15)5-3-8(4-6-13)12-16-10-2-1-9(18)7-11(10)17-12/h1-2,7-8,18H,3-6H2,(H,16,17). The van der Waals surface area contributed by atoms with Gasteiger partial charge in [-0.3, -0.25) is 0 Å². The number of phenols is 1. The quantitative estimate of drug-likeness (QED) is 0.815. The lowest BCUT2D eigenvalue weighted by atomic mass is 9.86. The Hall–Kier alpha value is -1.65. The number of nitrogens with one attached hydrogen (secondary N) is 1. The Morgan fingerprint density at radius 1 is 1.28 bits per heavy atom. The molecule has 96 valence electrons. The summed E-state index contributed by atoms with van der Waals surface area (Å²) in [6.07, 6.45) is 0.775. The van der Waals surface area contributed by atoms with E-state index in [2.05, 4.69) is 9.97 Å². The van der Waals surface area contributed by atoms with Crippen LogP contribution in [-0.2, 0) is 0 Å². The first-order valence-corrected chi connectivity index (χ1v) is 6.10. The molecular weight excluding hydrogens is 238 g/mol. The monoisotopic (exact) mass is 252 g/mol. The molecule has 0 amide bonds. The third-order valence-corrected chi connectivity index (χ3v) is 3.59. The van der Waals surface area contributed by atoms with E-state index in [4.69, 9.17) is 0 Å². The zero-order chi connectivity index (χ0) is 12.8. The minimum absolute atomic E-state index is 0.0687. The summed E-state index contributed by atoms with van der Waals surface area (Å²) in [5.74, 6) is -1.51. The molecule has 0 bridgehead atoms. The summed E-state index contributed by atoms with van der Waals surface area (Å²) in [6.45, 7) is 0. The highest BCUT2D eigenvalue weighted by atomic mass is 19.3. The van der Waals surface area contributed by atoms with Gasteiger partial charge in [-0.05, 0) is 25.0 Å². The van der Waals surface area contributed by atoms with Gasteiger partial charge in [0.2, 0.25) is 5.92 Å². The van der Waals surface area contributed by atoms with E-state index in [1.165, 1.54) is 0 Å².